The molecule has 0 saturated heterocycles. The zero-order valence-corrected chi connectivity index (χ0v) is 12.7. The fraction of sp³-hybridized carbons (Fsp3) is 0.294. The lowest BCUT2D eigenvalue weighted by Gasteiger charge is -2.09. The molecule has 0 radical (unpaired) electrons. The summed E-state index contributed by atoms with van der Waals surface area (Å²) >= 11 is 0. The average Bonchev–Trinajstić information content (AvgIpc) is 2.93. The number of hydrogen-bond donors (Lipinski definition) is 3. The van der Waals surface area contributed by atoms with E-state index in [4.69, 9.17) is 0 Å². The van der Waals surface area contributed by atoms with E-state index in [9.17, 15) is 9.90 Å². The molecule has 0 amide bonds. The van der Waals surface area contributed by atoms with Gasteiger partial charge in [0, 0.05) is 29.4 Å². The SMILES string of the molecule is CCC(C)c1nc(O)c(Cc2c[nH]c3ccccc23)[nH]c1=O. The molecule has 0 fully saturated rings. The molecule has 22 heavy (non-hydrogen) atoms. The lowest BCUT2D eigenvalue weighted by molar-refractivity contribution is 0.436. The second kappa shape index (κ2) is 5.67. The third kappa shape index (κ3) is 2.50. The average molecular weight is 297 g/mol. The van der Waals surface area contributed by atoms with Gasteiger partial charge in [0.25, 0.3) is 5.56 Å². The maximum Gasteiger partial charge on any atom is 0.270 e. The zero-order chi connectivity index (χ0) is 15.7. The van der Waals surface area contributed by atoms with Crippen molar-refractivity contribution >= 4 is 10.9 Å². The Balaban J connectivity index is 1.99. The Morgan fingerprint density at radius 1 is 1.32 bits per heavy atom. The van der Waals surface area contributed by atoms with Crippen LogP contribution in [-0.4, -0.2) is 20.1 Å². The van der Waals surface area contributed by atoms with Crippen LogP contribution in [0.15, 0.2) is 35.3 Å². The Kier molecular flexibility index (Phi) is 3.71. The lowest BCUT2D eigenvalue weighted by atomic mass is 10.0. The summed E-state index contributed by atoms with van der Waals surface area (Å²) in [6, 6.07) is 7.93. The van der Waals surface area contributed by atoms with Gasteiger partial charge in [-0.1, -0.05) is 32.0 Å². The number of benzene rings is 1. The molecule has 2 aromatic heterocycles. The maximum absolute atomic E-state index is 12.1. The highest BCUT2D eigenvalue weighted by atomic mass is 16.3. The Labute approximate surface area is 128 Å². The summed E-state index contributed by atoms with van der Waals surface area (Å²) in [6.07, 6.45) is 3.13. The van der Waals surface area contributed by atoms with Crippen molar-refractivity contribution < 1.29 is 5.11 Å². The van der Waals surface area contributed by atoms with E-state index >= 15 is 0 Å². The van der Waals surface area contributed by atoms with E-state index in [1.807, 2.05) is 44.3 Å². The van der Waals surface area contributed by atoms with Crippen LogP contribution < -0.4 is 5.56 Å². The molecule has 0 aliphatic heterocycles. The van der Waals surface area contributed by atoms with Gasteiger partial charge >= 0.3 is 0 Å². The highest BCUT2D eigenvalue weighted by Crippen LogP contribution is 2.23. The standard InChI is InChI=1S/C17H19N3O2/c1-3-10(2)15-17(22)19-14(16(21)20-15)8-11-9-18-13-7-5-4-6-12(11)13/h4-7,9-10,18H,3,8H2,1-2H3,(H,19,22)(H,20,21). The van der Waals surface area contributed by atoms with Crippen molar-refractivity contribution in [3.63, 3.8) is 0 Å². The van der Waals surface area contributed by atoms with E-state index in [-0.39, 0.29) is 17.4 Å². The molecule has 0 aliphatic rings. The van der Waals surface area contributed by atoms with E-state index in [1.54, 1.807) is 0 Å². The number of aromatic hydroxyl groups is 1. The van der Waals surface area contributed by atoms with Crippen LogP contribution in [0.25, 0.3) is 10.9 Å². The van der Waals surface area contributed by atoms with Crippen LogP contribution >= 0.6 is 0 Å². The monoisotopic (exact) mass is 297 g/mol. The predicted octanol–water partition coefficient (Wildman–Crippen LogP) is 3.06. The number of hydrogen-bond acceptors (Lipinski definition) is 3. The smallest absolute Gasteiger partial charge is 0.270 e. The third-order valence-corrected chi connectivity index (χ3v) is 4.11. The van der Waals surface area contributed by atoms with Crippen molar-refractivity contribution in [2.45, 2.75) is 32.6 Å². The molecule has 2 heterocycles. The van der Waals surface area contributed by atoms with E-state index < -0.39 is 0 Å². The first-order valence-electron chi connectivity index (χ1n) is 7.47. The molecular weight excluding hydrogens is 278 g/mol. The summed E-state index contributed by atoms with van der Waals surface area (Å²) in [5.74, 6) is -0.0723. The Morgan fingerprint density at radius 3 is 2.86 bits per heavy atom. The van der Waals surface area contributed by atoms with Gasteiger partial charge in [-0.2, -0.15) is 0 Å². The van der Waals surface area contributed by atoms with E-state index in [2.05, 4.69) is 15.0 Å². The van der Waals surface area contributed by atoms with Crippen molar-refractivity contribution in [2.24, 2.45) is 0 Å². The number of aromatic nitrogens is 3. The van der Waals surface area contributed by atoms with Gasteiger partial charge in [-0.25, -0.2) is 4.98 Å². The molecule has 3 aromatic rings. The van der Waals surface area contributed by atoms with Gasteiger partial charge in [0.05, 0.1) is 5.69 Å². The van der Waals surface area contributed by atoms with Gasteiger partial charge in [-0.15, -0.1) is 0 Å². The fourth-order valence-electron chi connectivity index (χ4n) is 2.61. The second-order valence-corrected chi connectivity index (χ2v) is 5.60. The number of nitrogens with zero attached hydrogens (tertiary/aromatic N) is 1. The first kappa shape index (κ1) is 14.4. The van der Waals surface area contributed by atoms with Gasteiger partial charge in [0.15, 0.2) is 0 Å². The van der Waals surface area contributed by atoms with Crippen molar-refractivity contribution in [2.75, 3.05) is 0 Å². The number of rotatable bonds is 4. The quantitative estimate of drug-likeness (QED) is 0.692. The fourth-order valence-corrected chi connectivity index (χ4v) is 2.61. The van der Waals surface area contributed by atoms with Gasteiger partial charge in [0.1, 0.15) is 5.69 Å². The number of H-pyrrole nitrogens is 2. The summed E-state index contributed by atoms with van der Waals surface area (Å²) in [7, 11) is 0. The molecule has 114 valence electrons. The van der Waals surface area contributed by atoms with Crippen molar-refractivity contribution in [3.05, 3.63) is 57.8 Å². The second-order valence-electron chi connectivity index (χ2n) is 5.60. The Bertz CT molecular complexity index is 864. The highest BCUT2D eigenvalue weighted by molar-refractivity contribution is 5.83. The molecule has 1 unspecified atom stereocenters. The van der Waals surface area contributed by atoms with Crippen LogP contribution in [-0.2, 0) is 6.42 Å². The van der Waals surface area contributed by atoms with E-state index in [1.165, 1.54) is 0 Å². The lowest BCUT2D eigenvalue weighted by Crippen LogP contribution is -2.19. The van der Waals surface area contributed by atoms with E-state index in [0.29, 0.717) is 17.8 Å². The molecule has 1 aromatic carbocycles. The molecule has 0 aliphatic carbocycles. The van der Waals surface area contributed by atoms with Gasteiger partial charge in [-0.05, 0) is 18.1 Å². The molecule has 5 heteroatoms. The van der Waals surface area contributed by atoms with Crippen molar-refractivity contribution in [3.8, 4) is 5.88 Å². The number of nitrogens with one attached hydrogen (secondary N) is 2. The molecule has 5 nitrogen and oxygen atoms in total. The molecule has 1 atom stereocenters. The normalized spacial score (nSPS) is 12.6. The topological polar surface area (TPSA) is 81.8 Å². The molecular formula is C17H19N3O2. The van der Waals surface area contributed by atoms with Crippen molar-refractivity contribution in [1.82, 2.24) is 15.0 Å². The Morgan fingerprint density at radius 2 is 2.09 bits per heavy atom. The summed E-state index contributed by atoms with van der Waals surface area (Å²) in [5, 5.41) is 11.2. The molecule has 3 N–H and O–H groups in total. The van der Waals surface area contributed by atoms with Crippen LogP contribution in [0.5, 0.6) is 5.88 Å². The molecule has 0 spiro atoms. The minimum absolute atomic E-state index is 0.0248. The van der Waals surface area contributed by atoms with Gasteiger partial charge in [0.2, 0.25) is 5.88 Å². The minimum Gasteiger partial charge on any atom is -0.492 e. The van der Waals surface area contributed by atoms with Crippen LogP contribution in [0.4, 0.5) is 0 Å². The van der Waals surface area contributed by atoms with Crippen LogP contribution in [0, 0.1) is 0 Å². The van der Waals surface area contributed by atoms with Crippen LogP contribution in [0.3, 0.4) is 0 Å². The summed E-state index contributed by atoms with van der Waals surface area (Å²) in [5.41, 5.74) is 2.66. The molecule has 0 saturated carbocycles. The van der Waals surface area contributed by atoms with Gasteiger partial charge < -0.3 is 15.1 Å². The highest BCUT2D eigenvalue weighted by Gasteiger charge is 2.15. The summed E-state index contributed by atoms with van der Waals surface area (Å²) in [6.45, 7) is 3.92. The zero-order valence-electron chi connectivity index (χ0n) is 12.7. The maximum atomic E-state index is 12.1. The summed E-state index contributed by atoms with van der Waals surface area (Å²) < 4.78 is 0. The first-order chi connectivity index (χ1) is 10.6. The number of para-hydroxylation sites is 1. The predicted molar refractivity (Wildman–Crippen MR) is 86.3 cm³/mol. The Hall–Kier alpha value is -2.56. The largest absolute Gasteiger partial charge is 0.492 e. The summed E-state index contributed by atoms with van der Waals surface area (Å²) in [4.78, 5) is 22.2. The third-order valence-electron chi connectivity index (χ3n) is 4.11. The minimum atomic E-state index is -0.220. The number of aromatic amines is 2. The van der Waals surface area contributed by atoms with Crippen LogP contribution in [0.2, 0.25) is 0 Å². The molecule has 3 rings (SSSR count). The van der Waals surface area contributed by atoms with E-state index in [0.717, 1.165) is 22.9 Å². The first-order valence-corrected chi connectivity index (χ1v) is 7.47. The molecule has 0 bridgehead atoms. The van der Waals surface area contributed by atoms with Gasteiger partial charge in [-0.3, -0.25) is 4.79 Å². The van der Waals surface area contributed by atoms with Crippen LogP contribution in [0.1, 0.15) is 43.1 Å². The number of fused-ring (bicyclic) bond motifs is 1. The van der Waals surface area contributed by atoms with Crippen molar-refractivity contribution in [1.29, 1.82) is 0 Å².